The fourth-order valence-corrected chi connectivity index (χ4v) is 2.43. The maximum Gasteiger partial charge on any atom is 0.00558 e. The predicted octanol–water partition coefficient (Wildman–Crippen LogP) is 3.95. The summed E-state index contributed by atoms with van der Waals surface area (Å²) >= 11 is 0. The molecule has 0 saturated heterocycles. The largest absolute Gasteiger partial charge is 0.328 e. The van der Waals surface area contributed by atoms with Crippen LogP contribution in [0.3, 0.4) is 0 Å². The summed E-state index contributed by atoms with van der Waals surface area (Å²) in [6.45, 7) is 13.6. The van der Waals surface area contributed by atoms with Crippen LogP contribution in [0, 0.1) is 11.3 Å². The lowest BCUT2D eigenvalue weighted by molar-refractivity contribution is 0.326. The van der Waals surface area contributed by atoms with Crippen molar-refractivity contribution in [2.75, 3.05) is 13.1 Å². The quantitative estimate of drug-likeness (QED) is 0.581. The van der Waals surface area contributed by atoms with Crippen molar-refractivity contribution in [1.29, 1.82) is 0 Å². The van der Waals surface area contributed by atoms with Crippen molar-refractivity contribution in [3.05, 3.63) is 0 Å². The van der Waals surface area contributed by atoms with Gasteiger partial charge in [-0.3, -0.25) is 0 Å². The van der Waals surface area contributed by atoms with Crippen molar-refractivity contribution in [3.63, 3.8) is 0 Å². The fraction of sp³-hybridized carbons (Fsp3) is 1.00. The maximum atomic E-state index is 6.15. The number of nitrogens with one attached hydrogen (secondary N) is 1. The molecular weight excluding hydrogens is 220 g/mol. The highest BCUT2D eigenvalue weighted by molar-refractivity contribution is 4.72. The van der Waals surface area contributed by atoms with Gasteiger partial charge in [0.2, 0.25) is 0 Å². The Kier molecular flexibility index (Phi) is 9.76. The van der Waals surface area contributed by atoms with Crippen LogP contribution in [-0.4, -0.2) is 19.1 Å². The first-order chi connectivity index (χ1) is 8.39. The standard InChI is InChI=1S/C16H36N2/c1-6-8-9-14(7-2)13-18-11-10-15(17)12-16(3,4)5/h14-15,18H,6-13,17H2,1-5H3. The average Bonchev–Trinajstić information content (AvgIpc) is 2.26. The second-order valence-corrected chi connectivity index (χ2v) is 6.93. The Balaban J connectivity index is 3.58. The van der Waals surface area contributed by atoms with Crippen LogP contribution in [0.25, 0.3) is 0 Å². The first kappa shape index (κ1) is 17.9. The maximum absolute atomic E-state index is 6.15. The molecule has 0 aliphatic carbocycles. The Labute approximate surface area is 115 Å². The van der Waals surface area contributed by atoms with Crippen LogP contribution in [0.15, 0.2) is 0 Å². The molecule has 0 bridgehead atoms. The molecule has 0 rings (SSSR count). The second kappa shape index (κ2) is 9.80. The first-order valence-electron chi connectivity index (χ1n) is 7.85. The van der Waals surface area contributed by atoms with Crippen molar-refractivity contribution >= 4 is 0 Å². The molecule has 2 atom stereocenters. The zero-order valence-electron chi connectivity index (χ0n) is 13.4. The third-order valence-electron chi connectivity index (χ3n) is 3.54. The number of rotatable bonds is 10. The molecule has 0 aromatic heterocycles. The van der Waals surface area contributed by atoms with E-state index in [-0.39, 0.29) is 0 Å². The Morgan fingerprint density at radius 3 is 2.28 bits per heavy atom. The summed E-state index contributed by atoms with van der Waals surface area (Å²) < 4.78 is 0. The molecular formula is C16H36N2. The average molecular weight is 256 g/mol. The minimum Gasteiger partial charge on any atom is -0.328 e. The molecule has 0 aromatic carbocycles. The van der Waals surface area contributed by atoms with E-state index in [0.29, 0.717) is 11.5 Å². The third kappa shape index (κ3) is 11.0. The highest BCUT2D eigenvalue weighted by Crippen LogP contribution is 2.20. The van der Waals surface area contributed by atoms with Gasteiger partial charge in [0, 0.05) is 6.04 Å². The summed E-state index contributed by atoms with van der Waals surface area (Å²) in [4.78, 5) is 0. The summed E-state index contributed by atoms with van der Waals surface area (Å²) in [5.74, 6) is 0.851. The van der Waals surface area contributed by atoms with Gasteiger partial charge in [0.1, 0.15) is 0 Å². The van der Waals surface area contributed by atoms with Crippen LogP contribution in [0.5, 0.6) is 0 Å². The number of nitrogens with two attached hydrogens (primary N) is 1. The lowest BCUT2D eigenvalue weighted by Gasteiger charge is -2.23. The van der Waals surface area contributed by atoms with Crippen LogP contribution < -0.4 is 11.1 Å². The Morgan fingerprint density at radius 2 is 1.78 bits per heavy atom. The molecule has 0 aliphatic heterocycles. The Morgan fingerprint density at radius 1 is 1.11 bits per heavy atom. The molecule has 0 fully saturated rings. The fourth-order valence-electron chi connectivity index (χ4n) is 2.43. The van der Waals surface area contributed by atoms with Gasteiger partial charge >= 0.3 is 0 Å². The molecule has 0 aromatic rings. The highest BCUT2D eigenvalue weighted by atomic mass is 14.9. The molecule has 0 aliphatic rings. The molecule has 0 amide bonds. The summed E-state index contributed by atoms with van der Waals surface area (Å²) in [5.41, 5.74) is 6.50. The smallest absolute Gasteiger partial charge is 0.00558 e. The summed E-state index contributed by atoms with van der Waals surface area (Å²) in [5, 5.41) is 3.58. The van der Waals surface area contributed by atoms with Crippen LogP contribution in [-0.2, 0) is 0 Å². The van der Waals surface area contributed by atoms with Crippen molar-refractivity contribution in [1.82, 2.24) is 5.32 Å². The normalized spacial score (nSPS) is 15.7. The van der Waals surface area contributed by atoms with E-state index < -0.39 is 0 Å². The number of hydrogen-bond donors (Lipinski definition) is 2. The van der Waals surface area contributed by atoms with Crippen LogP contribution in [0.2, 0.25) is 0 Å². The van der Waals surface area contributed by atoms with Crippen molar-refractivity contribution in [3.8, 4) is 0 Å². The van der Waals surface area contributed by atoms with E-state index in [1.54, 1.807) is 0 Å². The lowest BCUT2D eigenvalue weighted by atomic mass is 9.87. The molecule has 18 heavy (non-hydrogen) atoms. The zero-order chi connectivity index (χ0) is 14.0. The molecule has 110 valence electrons. The van der Waals surface area contributed by atoms with Gasteiger partial charge in [0.15, 0.2) is 0 Å². The summed E-state index contributed by atoms with van der Waals surface area (Å²) in [6, 6.07) is 0.341. The van der Waals surface area contributed by atoms with E-state index in [1.807, 2.05) is 0 Å². The van der Waals surface area contributed by atoms with Gasteiger partial charge in [-0.15, -0.1) is 0 Å². The molecule has 0 saturated carbocycles. The Bertz CT molecular complexity index is 184. The minimum atomic E-state index is 0.341. The summed E-state index contributed by atoms with van der Waals surface area (Å²) in [7, 11) is 0. The van der Waals surface area contributed by atoms with Crippen LogP contribution in [0.1, 0.15) is 73.1 Å². The monoisotopic (exact) mass is 256 g/mol. The van der Waals surface area contributed by atoms with Crippen molar-refractivity contribution in [2.45, 2.75) is 79.2 Å². The van der Waals surface area contributed by atoms with E-state index in [4.69, 9.17) is 5.73 Å². The molecule has 0 radical (unpaired) electrons. The van der Waals surface area contributed by atoms with Crippen molar-refractivity contribution < 1.29 is 0 Å². The van der Waals surface area contributed by atoms with Gasteiger partial charge < -0.3 is 11.1 Å². The molecule has 0 heterocycles. The molecule has 2 nitrogen and oxygen atoms in total. The van der Waals surface area contributed by atoms with Gasteiger partial charge in [0.25, 0.3) is 0 Å². The predicted molar refractivity (Wildman–Crippen MR) is 82.8 cm³/mol. The van der Waals surface area contributed by atoms with Crippen molar-refractivity contribution in [2.24, 2.45) is 17.1 Å². The van der Waals surface area contributed by atoms with Crippen LogP contribution >= 0.6 is 0 Å². The van der Waals surface area contributed by atoms with Crippen LogP contribution in [0.4, 0.5) is 0 Å². The molecule has 2 unspecified atom stereocenters. The van der Waals surface area contributed by atoms with Gasteiger partial charge in [-0.05, 0) is 43.7 Å². The minimum absolute atomic E-state index is 0.341. The number of hydrogen-bond acceptors (Lipinski definition) is 2. The SMILES string of the molecule is CCCCC(CC)CNCCC(N)CC(C)(C)C. The molecule has 3 N–H and O–H groups in total. The Hall–Kier alpha value is -0.0800. The topological polar surface area (TPSA) is 38.0 Å². The van der Waals surface area contributed by atoms with E-state index >= 15 is 0 Å². The first-order valence-corrected chi connectivity index (χ1v) is 7.85. The van der Waals surface area contributed by atoms with E-state index in [9.17, 15) is 0 Å². The van der Waals surface area contributed by atoms with Gasteiger partial charge in [-0.1, -0.05) is 53.9 Å². The second-order valence-electron chi connectivity index (χ2n) is 6.93. The van der Waals surface area contributed by atoms with Gasteiger partial charge in [0.05, 0.1) is 0 Å². The lowest BCUT2D eigenvalue weighted by Crippen LogP contribution is -2.32. The van der Waals surface area contributed by atoms with E-state index in [0.717, 1.165) is 25.3 Å². The third-order valence-corrected chi connectivity index (χ3v) is 3.54. The highest BCUT2D eigenvalue weighted by Gasteiger charge is 2.15. The van der Waals surface area contributed by atoms with Gasteiger partial charge in [-0.25, -0.2) is 0 Å². The van der Waals surface area contributed by atoms with E-state index in [1.165, 1.54) is 32.2 Å². The molecule has 2 heteroatoms. The number of unbranched alkanes of at least 4 members (excludes halogenated alkanes) is 1. The summed E-state index contributed by atoms with van der Waals surface area (Å²) in [6.07, 6.45) is 7.55. The molecule has 0 spiro atoms. The zero-order valence-corrected chi connectivity index (χ0v) is 13.4. The van der Waals surface area contributed by atoms with E-state index in [2.05, 4.69) is 39.9 Å². The van der Waals surface area contributed by atoms with Gasteiger partial charge in [-0.2, -0.15) is 0 Å².